The maximum atomic E-state index is 13.8. The smallest absolute Gasteiger partial charge is 0.337 e. The van der Waals surface area contributed by atoms with Crippen molar-refractivity contribution >= 4 is 44.8 Å². The number of aromatic nitrogens is 2. The van der Waals surface area contributed by atoms with Gasteiger partial charge in [-0.25, -0.2) is 9.36 Å². The summed E-state index contributed by atoms with van der Waals surface area (Å²) in [6.45, 7) is 5.31. The van der Waals surface area contributed by atoms with Crippen LogP contribution >= 0.6 is 11.3 Å². The van der Waals surface area contributed by atoms with Crippen LogP contribution in [0, 0.1) is 6.92 Å². The molecule has 5 rings (SSSR count). The maximum Gasteiger partial charge on any atom is 0.337 e. The highest BCUT2D eigenvalue weighted by atomic mass is 32.1. The zero-order valence-electron chi connectivity index (χ0n) is 21.2. The van der Waals surface area contributed by atoms with Crippen LogP contribution in [0.25, 0.3) is 15.9 Å². The van der Waals surface area contributed by atoms with Crippen LogP contribution in [-0.2, 0) is 29.1 Å². The van der Waals surface area contributed by atoms with Gasteiger partial charge in [0.05, 0.1) is 17.6 Å². The van der Waals surface area contributed by atoms with Crippen LogP contribution in [0.3, 0.4) is 0 Å². The molecule has 2 aromatic heterocycles. The largest absolute Gasteiger partial charge is 0.337 e. The summed E-state index contributed by atoms with van der Waals surface area (Å²) in [5, 5.41) is 3.19. The highest BCUT2D eigenvalue weighted by Gasteiger charge is 2.28. The zero-order valence-corrected chi connectivity index (χ0v) is 22.1. The number of carbonyl (C=O) groups is 3. The summed E-state index contributed by atoms with van der Waals surface area (Å²) in [5.74, 6) is -0.684. The Morgan fingerprint density at radius 2 is 1.79 bits per heavy atom. The van der Waals surface area contributed by atoms with Crippen molar-refractivity contribution < 1.29 is 14.4 Å². The van der Waals surface area contributed by atoms with Crippen molar-refractivity contribution in [2.75, 3.05) is 11.9 Å². The molecule has 0 unspecified atom stereocenters. The van der Waals surface area contributed by atoms with Crippen LogP contribution < -0.4 is 16.6 Å². The average molecular weight is 531 g/mol. The Morgan fingerprint density at radius 3 is 2.50 bits per heavy atom. The second kappa shape index (κ2) is 9.86. The quantitative estimate of drug-likeness (QED) is 0.398. The average Bonchev–Trinajstić information content (AvgIpc) is 3.26. The third-order valence-corrected chi connectivity index (χ3v) is 7.92. The Morgan fingerprint density at radius 1 is 1.03 bits per heavy atom. The first kappa shape index (κ1) is 25.3. The van der Waals surface area contributed by atoms with E-state index in [1.807, 2.05) is 25.1 Å². The number of nitrogens with one attached hydrogen (secondary N) is 1. The third-order valence-electron chi connectivity index (χ3n) is 6.68. The summed E-state index contributed by atoms with van der Waals surface area (Å²) in [6, 6.07) is 13.7. The van der Waals surface area contributed by atoms with Gasteiger partial charge in [-0.05, 0) is 55.7 Å². The molecule has 0 radical (unpaired) electrons. The number of hydrogen-bond acceptors (Lipinski definition) is 6. The van der Waals surface area contributed by atoms with Crippen molar-refractivity contribution in [3.63, 3.8) is 0 Å². The van der Waals surface area contributed by atoms with E-state index in [-0.39, 0.29) is 23.9 Å². The van der Waals surface area contributed by atoms with Crippen LogP contribution in [0.1, 0.15) is 40.2 Å². The van der Waals surface area contributed by atoms with E-state index in [0.717, 1.165) is 20.6 Å². The van der Waals surface area contributed by atoms with E-state index < -0.39 is 17.2 Å². The maximum absolute atomic E-state index is 13.8. The fourth-order valence-electron chi connectivity index (χ4n) is 4.77. The van der Waals surface area contributed by atoms with Gasteiger partial charge in [0, 0.05) is 29.6 Å². The Balaban J connectivity index is 1.70. The summed E-state index contributed by atoms with van der Waals surface area (Å²) in [5.41, 5.74) is 1.80. The number of fused-ring (bicyclic) bond motifs is 3. The number of nitrogens with zero attached hydrogens (tertiary/aromatic N) is 3. The van der Waals surface area contributed by atoms with Gasteiger partial charge in [0.2, 0.25) is 11.8 Å². The minimum atomic E-state index is -0.676. The van der Waals surface area contributed by atoms with Crippen LogP contribution in [0.2, 0.25) is 0 Å². The Hall–Kier alpha value is -4.31. The lowest BCUT2D eigenvalue weighted by Crippen LogP contribution is -2.41. The van der Waals surface area contributed by atoms with E-state index in [0.29, 0.717) is 41.0 Å². The first-order valence-electron chi connectivity index (χ1n) is 12.2. The molecule has 0 bridgehead atoms. The molecule has 1 N–H and O–H groups in total. The number of ketones is 1. The molecule has 0 fully saturated rings. The van der Waals surface area contributed by atoms with Crippen LogP contribution in [0.5, 0.6) is 0 Å². The Kier molecular flexibility index (Phi) is 6.58. The molecule has 38 heavy (non-hydrogen) atoms. The molecule has 194 valence electrons. The number of thiophene rings is 1. The molecule has 0 atom stereocenters. The fourth-order valence-corrected chi connectivity index (χ4v) is 6.12. The molecule has 1 aliphatic rings. The Bertz CT molecular complexity index is 1750. The highest BCUT2D eigenvalue weighted by molar-refractivity contribution is 7.18. The van der Waals surface area contributed by atoms with E-state index >= 15 is 0 Å². The van der Waals surface area contributed by atoms with Crippen molar-refractivity contribution in [2.24, 2.45) is 0 Å². The van der Waals surface area contributed by atoms with Crippen LogP contribution in [0.4, 0.5) is 5.69 Å². The van der Waals surface area contributed by atoms with E-state index in [4.69, 9.17) is 0 Å². The molecule has 1 aliphatic heterocycles. The minimum Gasteiger partial charge on any atom is -0.337 e. The predicted molar refractivity (Wildman–Crippen MR) is 146 cm³/mol. The second-order valence-electron chi connectivity index (χ2n) is 9.41. The number of hydrogen-bond donors (Lipinski definition) is 1. The predicted octanol–water partition coefficient (Wildman–Crippen LogP) is 3.27. The molecule has 2 amide bonds. The van der Waals surface area contributed by atoms with Gasteiger partial charge in [0.25, 0.3) is 5.56 Å². The standard InChI is InChI=1S/C28H26N4O5S/c1-16-6-4-8-20(12-16)29-24(35)15-31-27-25(22-10-11-30(18(3)34)14-23(22)38-27)26(36)32(28(31)37)21-9-5-7-19(13-21)17(2)33/h4-9,12-13H,10-11,14-15H2,1-3H3,(H,29,35). The monoisotopic (exact) mass is 530 g/mol. The van der Waals surface area contributed by atoms with Gasteiger partial charge in [-0.2, -0.15) is 0 Å². The van der Waals surface area contributed by atoms with Gasteiger partial charge in [-0.3, -0.25) is 23.7 Å². The van der Waals surface area contributed by atoms with Gasteiger partial charge in [0.1, 0.15) is 11.4 Å². The van der Waals surface area contributed by atoms with Crippen molar-refractivity contribution in [2.45, 2.75) is 40.3 Å². The SMILES string of the molecule is CC(=O)c1cccc(-n2c(=O)c3c4c(sc3n(CC(=O)Nc3cccc(C)c3)c2=O)CN(C(C)=O)CC4)c1. The molecular weight excluding hydrogens is 504 g/mol. The number of carbonyl (C=O) groups excluding carboxylic acids is 3. The first-order chi connectivity index (χ1) is 18.1. The van der Waals surface area contributed by atoms with Gasteiger partial charge in [-0.1, -0.05) is 24.3 Å². The molecule has 0 spiro atoms. The molecule has 10 heteroatoms. The molecule has 0 aliphatic carbocycles. The summed E-state index contributed by atoms with van der Waals surface area (Å²) in [6.07, 6.45) is 0.464. The second-order valence-corrected chi connectivity index (χ2v) is 10.5. The van der Waals surface area contributed by atoms with Crippen LogP contribution in [0.15, 0.2) is 58.1 Å². The fraction of sp³-hybridized carbons (Fsp3) is 0.250. The lowest BCUT2D eigenvalue weighted by molar-refractivity contribution is -0.129. The number of amides is 2. The van der Waals surface area contributed by atoms with E-state index in [2.05, 4.69) is 5.32 Å². The van der Waals surface area contributed by atoms with E-state index in [1.54, 1.807) is 29.2 Å². The first-order valence-corrected chi connectivity index (χ1v) is 13.0. The van der Waals surface area contributed by atoms with Crippen molar-refractivity contribution in [1.29, 1.82) is 0 Å². The van der Waals surface area contributed by atoms with E-state index in [1.165, 1.54) is 35.8 Å². The number of benzene rings is 2. The number of aryl methyl sites for hydroxylation is 1. The summed E-state index contributed by atoms with van der Waals surface area (Å²) < 4.78 is 2.34. The summed E-state index contributed by atoms with van der Waals surface area (Å²) >= 11 is 1.26. The molecule has 9 nitrogen and oxygen atoms in total. The lowest BCUT2D eigenvalue weighted by atomic mass is 10.1. The number of rotatable bonds is 5. The molecule has 4 aromatic rings. The normalized spacial score (nSPS) is 12.9. The van der Waals surface area contributed by atoms with Gasteiger partial charge in [-0.15, -0.1) is 11.3 Å². The number of Topliss-reactive ketones (excluding diaryl/α,β-unsaturated/α-hetero) is 1. The number of anilines is 1. The van der Waals surface area contributed by atoms with Crippen molar-refractivity contribution in [3.05, 3.63) is 90.9 Å². The molecule has 0 saturated heterocycles. The molecular formula is C28H26N4O5S. The third kappa shape index (κ3) is 4.58. The van der Waals surface area contributed by atoms with E-state index in [9.17, 15) is 24.0 Å². The topological polar surface area (TPSA) is 110 Å². The van der Waals surface area contributed by atoms with Gasteiger partial charge < -0.3 is 10.2 Å². The van der Waals surface area contributed by atoms with Crippen LogP contribution in [-0.4, -0.2) is 38.2 Å². The molecule has 0 saturated carbocycles. The van der Waals surface area contributed by atoms with Gasteiger partial charge in [0.15, 0.2) is 5.78 Å². The summed E-state index contributed by atoms with van der Waals surface area (Å²) in [4.78, 5) is 67.7. The zero-order chi connectivity index (χ0) is 27.1. The summed E-state index contributed by atoms with van der Waals surface area (Å²) in [7, 11) is 0. The molecule has 3 heterocycles. The van der Waals surface area contributed by atoms with Crippen molar-refractivity contribution in [3.8, 4) is 5.69 Å². The highest BCUT2D eigenvalue weighted by Crippen LogP contribution is 2.33. The lowest BCUT2D eigenvalue weighted by Gasteiger charge is -2.25. The van der Waals surface area contributed by atoms with Gasteiger partial charge >= 0.3 is 5.69 Å². The molecule has 2 aromatic carbocycles. The Labute approximate surface area is 221 Å². The minimum absolute atomic E-state index is 0.0681. The van der Waals surface area contributed by atoms with Crippen molar-refractivity contribution in [1.82, 2.24) is 14.0 Å².